The zero-order valence-electron chi connectivity index (χ0n) is 14.4. The van der Waals surface area contributed by atoms with Gasteiger partial charge in [0.05, 0.1) is 23.0 Å². The Morgan fingerprint density at radius 3 is 2.54 bits per heavy atom. The lowest BCUT2D eigenvalue weighted by Crippen LogP contribution is -2.14. The number of benzene rings is 2. The molecule has 2 aromatic carbocycles. The fourth-order valence-electron chi connectivity index (χ4n) is 2.82. The molecule has 8 heteroatoms. The number of halogens is 3. The van der Waals surface area contributed by atoms with E-state index in [2.05, 4.69) is 20.2 Å². The number of H-pyrrole nitrogens is 1. The number of fused-ring (bicyclic) bond motifs is 1. The van der Waals surface area contributed by atoms with E-state index in [-0.39, 0.29) is 11.5 Å². The van der Waals surface area contributed by atoms with Crippen LogP contribution in [0.1, 0.15) is 11.3 Å². The molecule has 0 fully saturated rings. The average molecular weight is 381 g/mol. The fraction of sp³-hybridized carbons (Fsp3) is 0.0500. The monoisotopic (exact) mass is 381 g/mol. The van der Waals surface area contributed by atoms with E-state index in [0.717, 1.165) is 34.3 Å². The molecule has 3 N–H and O–H groups in total. The molecule has 140 valence electrons. The van der Waals surface area contributed by atoms with Gasteiger partial charge in [-0.25, -0.2) is 4.99 Å². The number of aromatic nitrogens is 3. The summed E-state index contributed by atoms with van der Waals surface area (Å²) in [6.45, 7) is 0. The second-order valence-corrected chi connectivity index (χ2v) is 6.10. The summed E-state index contributed by atoms with van der Waals surface area (Å²) in [6, 6.07) is 16.0. The summed E-state index contributed by atoms with van der Waals surface area (Å²) in [6.07, 6.45) is -2.88. The van der Waals surface area contributed by atoms with E-state index in [1.54, 1.807) is 12.3 Å². The van der Waals surface area contributed by atoms with Crippen LogP contribution in [0.15, 0.2) is 71.9 Å². The van der Waals surface area contributed by atoms with Crippen molar-refractivity contribution in [3.8, 4) is 11.3 Å². The van der Waals surface area contributed by atoms with Gasteiger partial charge in [-0.05, 0) is 24.3 Å². The van der Waals surface area contributed by atoms with Gasteiger partial charge in [0.25, 0.3) is 0 Å². The number of aromatic amines is 1. The Morgan fingerprint density at radius 1 is 1.00 bits per heavy atom. The molecule has 0 atom stereocenters. The Bertz CT molecular complexity index is 1160. The normalized spacial score (nSPS) is 12.5. The third-order valence-electron chi connectivity index (χ3n) is 4.18. The van der Waals surface area contributed by atoms with Gasteiger partial charge in [0, 0.05) is 10.9 Å². The number of nitrogens with zero attached hydrogens (tertiary/aromatic N) is 3. The lowest BCUT2D eigenvalue weighted by molar-refractivity contribution is -0.137. The molecule has 0 aliphatic heterocycles. The third kappa shape index (κ3) is 3.44. The van der Waals surface area contributed by atoms with Crippen LogP contribution in [0.3, 0.4) is 0 Å². The van der Waals surface area contributed by atoms with E-state index in [1.807, 2.05) is 30.3 Å². The quantitative estimate of drug-likeness (QED) is 0.399. The van der Waals surface area contributed by atoms with Crippen molar-refractivity contribution in [3.05, 3.63) is 78.1 Å². The van der Waals surface area contributed by atoms with Gasteiger partial charge in [-0.3, -0.25) is 10.1 Å². The lowest BCUT2D eigenvalue weighted by Gasteiger charge is -2.07. The van der Waals surface area contributed by atoms with Crippen molar-refractivity contribution in [3.63, 3.8) is 0 Å². The summed E-state index contributed by atoms with van der Waals surface area (Å²) >= 11 is 0. The minimum atomic E-state index is -4.45. The smallest absolute Gasteiger partial charge is 0.382 e. The SMILES string of the molecule is NC(=Nc1cccc(C(F)(F)F)c1)c1cc2c(-c3ccccc3)n[nH]c2cn1. The van der Waals surface area contributed by atoms with Gasteiger partial charge in [-0.1, -0.05) is 36.4 Å². The number of aliphatic imine (C=N–C) groups is 1. The van der Waals surface area contributed by atoms with Gasteiger partial charge < -0.3 is 5.73 Å². The minimum Gasteiger partial charge on any atom is -0.382 e. The van der Waals surface area contributed by atoms with Crippen molar-refractivity contribution < 1.29 is 13.2 Å². The van der Waals surface area contributed by atoms with E-state index in [1.165, 1.54) is 12.1 Å². The van der Waals surface area contributed by atoms with Crippen molar-refractivity contribution in [2.24, 2.45) is 10.7 Å². The van der Waals surface area contributed by atoms with Crippen LogP contribution in [0.25, 0.3) is 22.2 Å². The molecule has 0 radical (unpaired) electrons. The maximum Gasteiger partial charge on any atom is 0.416 e. The van der Waals surface area contributed by atoms with Crippen molar-refractivity contribution in [2.75, 3.05) is 0 Å². The van der Waals surface area contributed by atoms with Gasteiger partial charge in [0.1, 0.15) is 17.2 Å². The number of alkyl halides is 3. The summed E-state index contributed by atoms with van der Waals surface area (Å²) < 4.78 is 38.6. The van der Waals surface area contributed by atoms with Crippen LogP contribution < -0.4 is 5.73 Å². The Kier molecular flexibility index (Phi) is 4.31. The van der Waals surface area contributed by atoms with E-state index in [4.69, 9.17) is 5.73 Å². The summed E-state index contributed by atoms with van der Waals surface area (Å²) in [5.74, 6) is 0.0152. The van der Waals surface area contributed by atoms with E-state index in [0.29, 0.717) is 5.69 Å². The first-order chi connectivity index (χ1) is 13.4. The molecule has 0 saturated heterocycles. The molecule has 0 amide bonds. The molecule has 28 heavy (non-hydrogen) atoms. The number of hydrogen-bond donors (Lipinski definition) is 2. The van der Waals surface area contributed by atoms with Gasteiger partial charge in [0.15, 0.2) is 0 Å². The van der Waals surface area contributed by atoms with E-state index >= 15 is 0 Å². The van der Waals surface area contributed by atoms with Crippen molar-refractivity contribution in [1.82, 2.24) is 15.2 Å². The first kappa shape index (κ1) is 17.7. The Labute approximate surface area is 157 Å². The number of nitrogens with one attached hydrogen (secondary N) is 1. The summed E-state index contributed by atoms with van der Waals surface area (Å²) in [4.78, 5) is 8.33. The first-order valence-electron chi connectivity index (χ1n) is 8.33. The van der Waals surface area contributed by atoms with E-state index < -0.39 is 11.7 Å². The van der Waals surface area contributed by atoms with Crippen LogP contribution in [0, 0.1) is 0 Å². The number of rotatable bonds is 3. The van der Waals surface area contributed by atoms with Crippen molar-refractivity contribution in [1.29, 1.82) is 0 Å². The molecule has 0 spiro atoms. The van der Waals surface area contributed by atoms with Gasteiger partial charge >= 0.3 is 6.18 Å². The number of amidine groups is 1. The second kappa shape index (κ2) is 6.80. The standard InChI is InChI=1S/C20H14F3N5/c21-20(22,23)13-7-4-8-14(9-13)26-19(24)16-10-15-17(11-25-16)27-28-18(15)12-5-2-1-3-6-12/h1-11H,(H2,24,26)(H,27,28). The molecular weight excluding hydrogens is 367 g/mol. The minimum absolute atomic E-state index is 0.0152. The van der Waals surface area contributed by atoms with E-state index in [9.17, 15) is 13.2 Å². The van der Waals surface area contributed by atoms with Gasteiger partial charge in [-0.2, -0.15) is 18.3 Å². The highest BCUT2D eigenvalue weighted by molar-refractivity contribution is 6.02. The van der Waals surface area contributed by atoms with Crippen LogP contribution in [0.2, 0.25) is 0 Å². The summed E-state index contributed by atoms with van der Waals surface area (Å²) in [5.41, 5.74) is 8.04. The highest BCUT2D eigenvalue weighted by Crippen LogP contribution is 2.31. The van der Waals surface area contributed by atoms with Crippen molar-refractivity contribution >= 4 is 22.4 Å². The number of hydrogen-bond acceptors (Lipinski definition) is 3. The molecule has 0 aliphatic carbocycles. The molecule has 2 aromatic heterocycles. The molecule has 0 bridgehead atoms. The Hall–Kier alpha value is -3.68. The zero-order valence-corrected chi connectivity index (χ0v) is 14.4. The molecule has 0 unspecified atom stereocenters. The predicted molar refractivity (Wildman–Crippen MR) is 101 cm³/mol. The Morgan fingerprint density at radius 2 is 1.79 bits per heavy atom. The van der Waals surface area contributed by atoms with Crippen LogP contribution >= 0.6 is 0 Å². The van der Waals surface area contributed by atoms with Crippen molar-refractivity contribution in [2.45, 2.75) is 6.18 Å². The fourth-order valence-corrected chi connectivity index (χ4v) is 2.82. The molecule has 4 aromatic rings. The highest BCUT2D eigenvalue weighted by Gasteiger charge is 2.30. The maximum absolute atomic E-state index is 12.9. The average Bonchev–Trinajstić information content (AvgIpc) is 3.11. The first-order valence-corrected chi connectivity index (χ1v) is 8.33. The molecule has 2 heterocycles. The third-order valence-corrected chi connectivity index (χ3v) is 4.18. The topological polar surface area (TPSA) is 80.0 Å². The summed E-state index contributed by atoms with van der Waals surface area (Å²) in [5, 5.41) is 8.02. The number of nitrogens with two attached hydrogens (primary N) is 1. The van der Waals surface area contributed by atoms with Crippen LogP contribution in [0.5, 0.6) is 0 Å². The van der Waals surface area contributed by atoms with Crippen LogP contribution in [-0.4, -0.2) is 21.0 Å². The molecule has 0 aliphatic rings. The van der Waals surface area contributed by atoms with Gasteiger partial charge in [-0.15, -0.1) is 0 Å². The molecule has 4 rings (SSSR count). The van der Waals surface area contributed by atoms with Crippen LogP contribution in [-0.2, 0) is 6.18 Å². The predicted octanol–water partition coefficient (Wildman–Crippen LogP) is 4.68. The number of pyridine rings is 1. The van der Waals surface area contributed by atoms with Crippen LogP contribution in [0.4, 0.5) is 18.9 Å². The highest BCUT2D eigenvalue weighted by atomic mass is 19.4. The maximum atomic E-state index is 12.9. The largest absolute Gasteiger partial charge is 0.416 e. The molecule has 5 nitrogen and oxygen atoms in total. The summed E-state index contributed by atoms with van der Waals surface area (Å²) in [7, 11) is 0. The zero-order chi connectivity index (χ0) is 19.7. The Balaban J connectivity index is 1.74. The lowest BCUT2D eigenvalue weighted by atomic mass is 10.1. The second-order valence-electron chi connectivity index (χ2n) is 6.10. The molecule has 0 saturated carbocycles. The van der Waals surface area contributed by atoms with Gasteiger partial charge in [0.2, 0.25) is 0 Å². The molecular formula is C20H14F3N5.